The molecular weight excluding hydrogens is 368 g/mol. The molecule has 142 valence electrons. The molecule has 27 heavy (non-hydrogen) atoms. The largest absolute Gasteiger partial charge is 0.494 e. The maximum Gasteiger partial charge on any atom is 0.264 e. The predicted octanol–water partition coefficient (Wildman–Crippen LogP) is 2.71. The lowest BCUT2D eigenvalue weighted by Crippen LogP contribution is -2.15. The monoisotopic (exact) mass is 388 g/mol. The Hall–Kier alpha value is -3.07. The molecule has 1 aromatic carbocycles. The van der Waals surface area contributed by atoms with Gasteiger partial charge in [-0.3, -0.25) is 4.57 Å². The van der Waals surface area contributed by atoms with E-state index >= 15 is 0 Å². The van der Waals surface area contributed by atoms with Crippen LogP contribution in [-0.4, -0.2) is 33.2 Å². The van der Waals surface area contributed by atoms with Gasteiger partial charge in [-0.05, 0) is 58.0 Å². The molecule has 0 aliphatic carbocycles. The number of hydrogen-bond acceptors (Lipinski definition) is 6. The molecule has 3 N–H and O–H groups in total. The van der Waals surface area contributed by atoms with Gasteiger partial charge in [0.2, 0.25) is 17.7 Å². The summed E-state index contributed by atoms with van der Waals surface area (Å²) in [6, 6.07) is 7.49. The SMILES string of the molecule is Cc1cc(C)nc(NS(=O)(=O)c2ccc(-n3c(O)c(C)c(C)c3O)cc2)n1. The lowest BCUT2D eigenvalue weighted by atomic mass is 10.2. The number of anilines is 1. The summed E-state index contributed by atoms with van der Waals surface area (Å²) in [5.41, 5.74) is 2.85. The van der Waals surface area contributed by atoms with E-state index in [1.807, 2.05) is 0 Å². The lowest BCUT2D eigenvalue weighted by Gasteiger charge is -2.10. The van der Waals surface area contributed by atoms with E-state index < -0.39 is 10.0 Å². The first-order valence-corrected chi connectivity index (χ1v) is 9.64. The Morgan fingerprint density at radius 3 is 1.85 bits per heavy atom. The number of sulfonamides is 1. The van der Waals surface area contributed by atoms with Crippen molar-refractivity contribution in [2.75, 3.05) is 4.72 Å². The van der Waals surface area contributed by atoms with E-state index in [0.29, 0.717) is 28.2 Å². The first-order chi connectivity index (χ1) is 12.6. The lowest BCUT2D eigenvalue weighted by molar-refractivity contribution is 0.400. The average molecular weight is 388 g/mol. The summed E-state index contributed by atoms with van der Waals surface area (Å²) in [6.07, 6.45) is 0. The van der Waals surface area contributed by atoms with Crippen LogP contribution in [0.3, 0.4) is 0 Å². The standard InChI is InChI=1S/C18H20N4O4S/c1-10-9-11(2)20-18(19-10)21-27(25,26)15-7-5-14(6-8-15)22-16(23)12(3)13(4)17(22)24/h5-9,23-24H,1-4H3,(H,19,20,21). The van der Waals surface area contributed by atoms with Crippen LogP contribution < -0.4 is 4.72 Å². The van der Waals surface area contributed by atoms with Gasteiger partial charge in [0.25, 0.3) is 10.0 Å². The number of hydrogen-bond donors (Lipinski definition) is 3. The van der Waals surface area contributed by atoms with Gasteiger partial charge >= 0.3 is 0 Å². The van der Waals surface area contributed by atoms with Crippen LogP contribution in [0.5, 0.6) is 11.8 Å². The zero-order chi connectivity index (χ0) is 19.9. The molecule has 2 heterocycles. The number of rotatable bonds is 4. The highest BCUT2D eigenvalue weighted by Gasteiger charge is 2.20. The highest BCUT2D eigenvalue weighted by Crippen LogP contribution is 2.35. The molecular formula is C18H20N4O4S. The van der Waals surface area contributed by atoms with Gasteiger partial charge in [0.1, 0.15) is 0 Å². The van der Waals surface area contributed by atoms with Crippen LogP contribution in [0.25, 0.3) is 5.69 Å². The van der Waals surface area contributed by atoms with E-state index in [1.54, 1.807) is 33.8 Å². The molecule has 0 spiro atoms. The van der Waals surface area contributed by atoms with Crippen LogP contribution in [0.4, 0.5) is 5.95 Å². The molecule has 0 atom stereocenters. The van der Waals surface area contributed by atoms with Crippen molar-refractivity contribution in [3.8, 4) is 17.4 Å². The van der Waals surface area contributed by atoms with Crippen LogP contribution in [0.15, 0.2) is 35.2 Å². The van der Waals surface area contributed by atoms with Gasteiger partial charge in [0.15, 0.2) is 0 Å². The number of aromatic nitrogens is 3. The van der Waals surface area contributed by atoms with Crippen molar-refractivity contribution in [1.29, 1.82) is 0 Å². The minimum atomic E-state index is -3.88. The Labute approximate surface area is 157 Å². The number of nitrogens with one attached hydrogen (secondary N) is 1. The summed E-state index contributed by atoms with van der Waals surface area (Å²) < 4.78 is 28.7. The average Bonchev–Trinajstić information content (AvgIpc) is 2.77. The highest BCUT2D eigenvalue weighted by atomic mass is 32.2. The number of aryl methyl sites for hydroxylation is 2. The van der Waals surface area contributed by atoms with E-state index in [-0.39, 0.29) is 22.6 Å². The van der Waals surface area contributed by atoms with Crippen molar-refractivity contribution >= 4 is 16.0 Å². The summed E-state index contributed by atoms with van der Waals surface area (Å²) in [5, 5.41) is 20.4. The molecule has 0 aliphatic rings. The topological polar surface area (TPSA) is 117 Å². The Morgan fingerprint density at radius 2 is 1.37 bits per heavy atom. The van der Waals surface area contributed by atoms with E-state index in [9.17, 15) is 18.6 Å². The third-order valence-electron chi connectivity index (χ3n) is 4.27. The zero-order valence-corrected chi connectivity index (χ0v) is 16.2. The van der Waals surface area contributed by atoms with Crippen LogP contribution in [0.2, 0.25) is 0 Å². The van der Waals surface area contributed by atoms with E-state index in [0.717, 1.165) is 0 Å². The summed E-state index contributed by atoms with van der Waals surface area (Å²) in [7, 11) is -3.88. The molecule has 3 rings (SSSR count). The minimum absolute atomic E-state index is 0.00326. The quantitative estimate of drug-likeness (QED) is 0.633. The molecule has 8 nitrogen and oxygen atoms in total. The second kappa shape index (κ2) is 6.58. The van der Waals surface area contributed by atoms with Gasteiger partial charge in [-0.1, -0.05) is 0 Å². The number of nitrogens with zero attached hydrogens (tertiary/aromatic N) is 3. The Kier molecular flexibility index (Phi) is 4.56. The smallest absolute Gasteiger partial charge is 0.264 e. The molecule has 0 fully saturated rings. The fourth-order valence-corrected chi connectivity index (χ4v) is 3.68. The van der Waals surface area contributed by atoms with Crippen LogP contribution in [0.1, 0.15) is 22.5 Å². The molecule has 2 aromatic heterocycles. The van der Waals surface area contributed by atoms with E-state index in [4.69, 9.17) is 0 Å². The second-order valence-electron chi connectivity index (χ2n) is 6.31. The van der Waals surface area contributed by atoms with Crippen molar-refractivity contribution in [2.45, 2.75) is 32.6 Å². The molecule has 0 bridgehead atoms. The van der Waals surface area contributed by atoms with Crippen LogP contribution >= 0.6 is 0 Å². The van der Waals surface area contributed by atoms with Gasteiger partial charge < -0.3 is 10.2 Å². The first kappa shape index (κ1) is 18.7. The Balaban J connectivity index is 1.94. The third kappa shape index (κ3) is 3.45. The summed E-state index contributed by atoms with van der Waals surface area (Å²) in [4.78, 5) is 8.16. The third-order valence-corrected chi connectivity index (χ3v) is 5.61. The maximum absolute atomic E-state index is 12.6. The molecule has 0 saturated heterocycles. The first-order valence-electron chi connectivity index (χ1n) is 8.15. The molecule has 9 heteroatoms. The zero-order valence-electron chi connectivity index (χ0n) is 15.3. The molecule has 0 aliphatic heterocycles. The molecule has 0 amide bonds. The minimum Gasteiger partial charge on any atom is -0.494 e. The van der Waals surface area contributed by atoms with E-state index in [1.165, 1.54) is 28.8 Å². The van der Waals surface area contributed by atoms with Crippen molar-refractivity contribution in [3.05, 3.63) is 52.8 Å². The summed E-state index contributed by atoms with van der Waals surface area (Å²) >= 11 is 0. The summed E-state index contributed by atoms with van der Waals surface area (Å²) in [6.45, 7) is 6.88. The normalized spacial score (nSPS) is 11.6. The van der Waals surface area contributed by atoms with Crippen molar-refractivity contribution in [2.24, 2.45) is 0 Å². The molecule has 0 saturated carbocycles. The number of aromatic hydroxyl groups is 2. The molecule has 0 unspecified atom stereocenters. The predicted molar refractivity (Wildman–Crippen MR) is 101 cm³/mol. The van der Waals surface area contributed by atoms with Gasteiger partial charge in [0, 0.05) is 22.5 Å². The highest BCUT2D eigenvalue weighted by molar-refractivity contribution is 7.92. The molecule has 3 aromatic rings. The van der Waals surface area contributed by atoms with E-state index in [2.05, 4.69) is 14.7 Å². The number of benzene rings is 1. The Bertz CT molecular complexity index is 1070. The van der Waals surface area contributed by atoms with Gasteiger partial charge in [-0.25, -0.2) is 23.1 Å². The van der Waals surface area contributed by atoms with Crippen molar-refractivity contribution < 1.29 is 18.6 Å². The second-order valence-corrected chi connectivity index (χ2v) is 7.99. The molecule has 0 radical (unpaired) electrons. The van der Waals surface area contributed by atoms with Gasteiger partial charge in [-0.15, -0.1) is 0 Å². The van der Waals surface area contributed by atoms with Crippen LogP contribution in [-0.2, 0) is 10.0 Å². The Morgan fingerprint density at radius 1 is 0.889 bits per heavy atom. The fourth-order valence-electron chi connectivity index (χ4n) is 2.74. The fraction of sp³-hybridized carbons (Fsp3) is 0.222. The van der Waals surface area contributed by atoms with Gasteiger partial charge in [-0.2, -0.15) is 0 Å². The maximum atomic E-state index is 12.6. The van der Waals surface area contributed by atoms with Crippen molar-refractivity contribution in [3.63, 3.8) is 0 Å². The van der Waals surface area contributed by atoms with Crippen LogP contribution in [0, 0.1) is 27.7 Å². The van der Waals surface area contributed by atoms with Crippen molar-refractivity contribution in [1.82, 2.24) is 14.5 Å². The van der Waals surface area contributed by atoms with Gasteiger partial charge in [0.05, 0.1) is 10.6 Å². The summed E-state index contributed by atoms with van der Waals surface area (Å²) in [5.74, 6) is -0.187.